The van der Waals surface area contributed by atoms with Crippen LogP contribution in [-0.2, 0) is 32.7 Å². The molecule has 0 aliphatic rings. The van der Waals surface area contributed by atoms with Crippen LogP contribution in [0.5, 0.6) is 0 Å². The van der Waals surface area contributed by atoms with Crippen molar-refractivity contribution in [1.82, 2.24) is 0 Å². The van der Waals surface area contributed by atoms with E-state index in [1.54, 1.807) is 6.08 Å². The summed E-state index contributed by atoms with van der Waals surface area (Å²) in [6, 6.07) is 0. The molecule has 0 fully saturated rings. The molecule has 0 aromatic rings. The Labute approximate surface area is 360 Å². The summed E-state index contributed by atoms with van der Waals surface area (Å²) in [5.74, 6) is -1.10. The van der Waals surface area contributed by atoms with Crippen molar-refractivity contribution in [1.29, 1.82) is 0 Å². The summed E-state index contributed by atoms with van der Waals surface area (Å²) in [4.78, 5) is 35.0. The van der Waals surface area contributed by atoms with Crippen LogP contribution in [-0.4, -0.2) is 76.9 Å². The summed E-state index contributed by atoms with van der Waals surface area (Å²) < 4.78 is 32.6. The number of hydrogen-bond acceptors (Lipinski definition) is 10. The molecule has 0 aromatic heterocycles. The minimum Gasteiger partial charge on any atom is -0.462 e. The molecule has 0 saturated carbocycles. The monoisotopic (exact) mass is 859 g/mol. The van der Waals surface area contributed by atoms with Crippen molar-refractivity contribution in [2.75, 3.05) is 26.4 Å². The third kappa shape index (κ3) is 41.1. The Hall–Kier alpha value is -3.67. The molecule has 0 aliphatic heterocycles. The van der Waals surface area contributed by atoms with Gasteiger partial charge in [0.25, 0.3) is 0 Å². The molecule has 0 aliphatic carbocycles. The third-order valence-electron chi connectivity index (χ3n) is 8.21. The number of carbonyl (C=O) groups excluding carboxylic acids is 2. The molecule has 338 valence electrons. The molecule has 0 spiro atoms. The van der Waals surface area contributed by atoms with Gasteiger partial charge in [-0.3, -0.25) is 18.6 Å². The van der Waals surface area contributed by atoms with Crippen molar-refractivity contribution in [3.8, 4) is 0 Å². The molecule has 0 aromatic carbocycles. The zero-order valence-electron chi connectivity index (χ0n) is 36.2. The van der Waals surface area contributed by atoms with Crippen molar-refractivity contribution in [2.45, 2.75) is 141 Å². The number of ether oxygens (including phenoxy) is 2. The number of rotatable bonds is 38. The predicted octanol–water partition coefficient (Wildman–Crippen LogP) is 10.5. The number of phosphoric ester groups is 1. The van der Waals surface area contributed by atoms with Crippen LogP contribution in [0.1, 0.15) is 123 Å². The molecule has 2 unspecified atom stereocenters. The number of carbonyl (C=O) groups is 2. The smallest absolute Gasteiger partial charge is 0.462 e. The van der Waals surface area contributed by atoms with E-state index in [2.05, 4.69) is 79.1 Å². The van der Waals surface area contributed by atoms with E-state index < -0.39 is 57.9 Å². The summed E-state index contributed by atoms with van der Waals surface area (Å²) in [6.07, 6.45) is 50.6. The van der Waals surface area contributed by atoms with Gasteiger partial charge in [-0.1, -0.05) is 148 Å². The van der Waals surface area contributed by atoms with E-state index in [4.69, 9.17) is 19.1 Å². The first-order valence-corrected chi connectivity index (χ1v) is 23.1. The van der Waals surface area contributed by atoms with Gasteiger partial charge in [0, 0.05) is 12.8 Å². The molecular weight excluding hydrogens is 783 g/mol. The Morgan fingerprint density at radius 1 is 0.567 bits per heavy atom. The molecular formula is C48H75O11P. The average molecular weight is 859 g/mol. The standard InChI is InChI=1S/C48H75O11P/c1-3-5-7-9-11-12-13-14-15-16-17-18-19-23-26-30-34-38-47(52)56-42-46(43-58-60(54,55)57-41-45(51)40-49)59-48(53)39-35-31-27-24-21-20-22-25-29-33-37-44(50)36-32-28-10-8-6-4-2/h5-8,11-12,14-15,17-18,20-21,25,27-29,31-33,37,44-46,49-51H,3-4,9-10,13,16,19,22-24,26,30,34-36,38-43H2,1-2H3,(H,54,55)/b7-5-,8-6-,12-11-,15-14-,18-17-,21-20-,29-25-,31-27-,32-28-,37-33+/t44?,45-,46+/m0/s1. The van der Waals surface area contributed by atoms with Gasteiger partial charge in [0.15, 0.2) is 6.10 Å². The molecule has 4 atom stereocenters. The minimum atomic E-state index is -4.67. The topological polar surface area (TPSA) is 169 Å². The molecule has 0 bridgehead atoms. The first-order chi connectivity index (χ1) is 29.1. The Balaban J connectivity index is 4.56. The van der Waals surface area contributed by atoms with Gasteiger partial charge < -0.3 is 29.7 Å². The van der Waals surface area contributed by atoms with Gasteiger partial charge in [-0.05, 0) is 83.5 Å². The third-order valence-corrected chi connectivity index (χ3v) is 9.16. The van der Waals surface area contributed by atoms with Crippen LogP contribution < -0.4 is 0 Å². The van der Waals surface area contributed by atoms with Gasteiger partial charge >= 0.3 is 19.8 Å². The van der Waals surface area contributed by atoms with E-state index in [1.807, 2.05) is 54.7 Å². The fraction of sp³-hybridized carbons (Fsp3) is 0.542. The summed E-state index contributed by atoms with van der Waals surface area (Å²) in [6.45, 7) is 1.92. The van der Waals surface area contributed by atoms with Crippen LogP contribution in [0.2, 0.25) is 0 Å². The highest BCUT2D eigenvalue weighted by Crippen LogP contribution is 2.43. The van der Waals surface area contributed by atoms with Crippen LogP contribution in [0.4, 0.5) is 0 Å². The number of hydrogen-bond donors (Lipinski definition) is 4. The number of aliphatic hydroxyl groups is 3. The van der Waals surface area contributed by atoms with Crippen molar-refractivity contribution in [2.24, 2.45) is 0 Å². The minimum absolute atomic E-state index is 0.0220. The molecule has 0 radical (unpaired) electrons. The van der Waals surface area contributed by atoms with Crippen LogP contribution >= 0.6 is 7.82 Å². The number of allylic oxidation sites excluding steroid dienone is 18. The molecule has 12 heteroatoms. The number of esters is 2. The van der Waals surface area contributed by atoms with Gasteiger partial charge in [0.1, 0.15) is 12.7 Å². The molecule has 60 heavy (non-hydrogen) atoms. The first kappa shape index (κ1) is 56.3. The fourth-order valence-corrected chi connectivity index (χ4v) is 5.71. The van der Waals surface area contributed by atoms with Gasteiger partial charge in [-0.2, -0.15) is 0 Å². The van der Waals surface area contributed by atoms with Crippen molar-refractivity contribution in [3.05, 3.63) is 122 Å². The van der Waals surface area contributed by atoms with E-state index in [1.165, 1.54) is 0 Å². The van der Waals surface area contributed by atoms with E-state index in [0.717, 1.165) is 70.6 Å². The van der Waals surface area contributed by atoms with Crippen molar-refractivity contribution < 1.29 is 52.9 Å². The normalized spacial score (nSPS) is 15.5. The van der Waals surface area contributed by atoms with Crippen molar-refractivity contribution in [3.63, 3.8) is 0 Å². The van der Waals surface area contributed by atoms with E-state index >= 15 is 0 Å². The lowest BCUT2D eigenvalue weighted by molar-refractivity contribution is -0.161. The summed E-state index contributed by atoms with van der Waals surface area (Å²) in [7, 11) is -4.67. The van der Waals surface area contributed by atoms with Gasteiger partial charge in [-0.25, -0.2) is 4.57 Å². The summed E-state index contributed by atoms with van der Waals surface area (Å²) in [5.41, 5.74) is 0. The maximum Gasteiger partial charge on any atom is 0.472 e. The van der Waals surface area contributed by atoms with Crippen LogP contribution in [0, 0.1) is 0 Å². The van der Waals surface area contributed by atoms with E-state index in [-0.39, 0.29) is 19.4 Å². The molecule has 0 amide bonds. The highest BCUT2D eigenvalue weighted by Gasteiger charge is 2.27. The largest absolute Gasteiger partial charge is 0.472 e. The fourth-order valence-electron chi connectivity index (χ4n) is 4.92. The number of phosphoric acid groups is 1. The van der Waals surface area contributed by atoms with Gasteiger partial charge in [0.05, 0.1) is 25.9 Å². The second-order valence-corrected chi connectivity index (χ2v) is 15.3. The molecule has 0 saturated heterocycles. The highest BCUT2D eigenvalue weighted by molar-refractivity contribution is 7.47. The van der Waals surface area contributed by atoms with E-state index in [9.17, 15) is 29.3 Å². The lowest BCUT2D eigenvalue weighted by Gasteiger charge is -2.20. The lowest BCUT2D eigenvalue weighted by atomic mass is 10.1. The highest BCUT2D eigenvalue weighted by atomic mass is 31.2. The number of unbranched alkanes of at least 4 members (excludes halogenated alkanes) is 4. The summed E-state index contributed by atoms with van der Waals surface area (Å²) >= 11 is 0. The zero-order chi connectivity index (χ0) is 44.2. The predicted molar refractivity (Wildman–Crippen MR) is 243 cm³/mol. The molecule has 11 nitrogen and oxygen atoms in total. The van der Waals surface area contributed by atoms with E-state index in [0.29, 0.717) is 25.7 Å². The van der Waals surface area contributed by atoms with Gasteiger partial charge in [0.2, 0.25) is 0 Å². The Morgan fingerprint density at radius 2 is 1.08 bits per heavy atom. The second-order valence-electron chi connectivity index (χ2n) is 13.8. The Morgan fingerprint density at radius 3 is 1.68 bits per heavy atom. The van der Waals surface area contributed by atoms with Crippen molar-refractivity contribution >= 4 is 19.8 Å². The SMILES string of the molecule is CC/C=C\C/C=C\C/C=C\C/C=C\CCCCCCC(=O)OC[C@H](COP(=O)(O)OC[C@@H](O)CO)OC(=O)CC/C=C\C/C=C\C/C=C\C=C\C(O)C/C=C\C/C=C\CC. The quantitative estimate of drug-likeness (QED) is 0.0153. The Bertz CT molecular complexity index is 1420. The zero-order valence-corrected chi connectivity index (χ0v) is 37.1. The molecule has 4 N–H and O–H groups in total. The maximum absolute atomic E-state index is 12.6. The number of aliphatic hydroxyl groups excluding tert-OH is 3. The second kappa shape index (κ2) is 42.0. The van der Waals surface area contributed by atoms with Crippen LogP contribution in [0.3, 0.4) is 0 Å². The van der Waals surface area contributed by atoms with Crippen LogP contribution in [0.25, 0.3) is 0 Å². The average Bonchev–Trinajstić information content (AvgIpc) is 3.23. The lowest BCUT2D eigenvalue weighted by Crippen LogP contribution is -2.29. The molecule has 0 heterocycles. The molecule has 0 rings (SSSR count). The van der Waals surface area contributed by atoms with Gasteiger partial charge in [-0.15, -0.1) is 0 Å². The first-order valence-electron chi connectivity index (χ1n) is 21.6. The van der Waals surface area contributed by atoms with Crippen LogP contribution in [0.15, 0.2) is 122 Å². The maximum atomic E-state index is 12.6. The Kier molecular flexibility index (Phi) is 39.5. The summed E-state index contributed by atoms with van der Waals surface area (Å²) in [5, 5.41) is 28.3.